The lowest BCUT2D eigenvalue weighted by molar-refractivity contribution is 0.0225. The number of carbonyl (C=O) groups is 2. The molecule has 0 saturated carbocycles. The number of ether oxygens (including phenoxy) is 1. The number of thiazole rings is 1. The Bertz CT molecular complexity index is 1200. The van der Waals surface area contributed by atoms with Crippen molar-refractivity contribution in [2.75, 3.05) is 29.0 Å². The number of benzene rings is 1. The monoisotopic (exact) mass is 492 g/mol. The minimum atomic E-state index is -3.36. The van der Waals surface area contributed by atoms with Gasteiger partial charge in [0.15, 0.2) is 5.13 Å². The van der Waals surface area contributed by atoms with E-state index in [1.54, 1.807) is 23.1 Å². The maximum Gasteiger partial charge on any atom is 0.410 e. The molecule has 0 radical (unpaired) electrons. The molecular weight excluding hydrogens is 464 g/mol. The van der Waals surface area contributed by atoms with Crippen LogP contribution < -0.4 is 9.62 Å². The highest BCUT2D eigenvalue weighted by Crippen LogP contribution is 2.32. The molecule has 178 valence electrons. The van der Waals surface area contributed by atoms with Gasteiger partial charge in [0, 0.05) is 30.0 Å². The predicted octanol–water partition coefficient (Wildman–Crippen LogP) is 3.40. The fourth-order valence-electron chi connectivity index (χ4n) is 3.95. The van der Waals surface area contributed by atoms with Gasteiger partial charge in [-0.25, -0.2) is 18.2 Å². The molecule has 1 aromatic heterocycles. The summed E-state index contributed by atoms with van der Waals surface area (Å²) >= 11 is 1.35. The van der Waals surface area contributed by atoms with Crippen LogP contribution in [0.5, 0.6) is 0 Å². The summed E-state index contributed by atoms with van der Waals surface area (Å²) < 4.78 is 30.9. The Kier molecular flexibility index (Phi) is 6.12. The Morgan fingerprint density at radius 1 is 1.18 bits per heavy atom. The van der Waals surface area contributed by atoms with Crippen molar-refractivity contribution in [3.8, 4) is 0 Å². The Labute approximate surface area is 197 Å². The number of hydrogen-bond donors (Lipinski definition) is 1. The van der Waals surface area contributed by atoms with Gasteiger partial charge in [0.1, 0.15) is 5.60 Å². The number of sulfonamides is 1. The van der Waals surface area contributed by atoms with Gasteiger partial charge in [0.2, 0.25) is 10.0 Å². The summed E-state index contributed by atoms with van der Waals surface area (Å²) in [5.74, 6) is -0.302. The van der Waals surface area contributed by atoms with Gasteiger partial charge in [-0.2, -0.15) is 0 Å². The van der Waals surface area contributed by atoms with Crippen molar-refractivity contribution in [1.82, 2.24) is 9.88 Å². The van der Waals surface area contributed by atoms with Crippen molar-refractivity contribution >= 4 is 44.2 Å². The lowest BCUT2D eigenvalue weighted by Gasteiger charge is -2.29. The van der Waals surface area contributed by atoms with Crippen LogP contribution in [0, 0.1) is 0 Å². The second kappa shape index (κ2) is 8.60. The van der Waals surface area contributed by atoms with Crippen molar-refractivity contribution < 1.29 is 22.7 Å². The molecule has 0 unspecified atom stereocenters. The number of nitrogens with one attached hydrogen (secondary N) is 1. The van der Waals surface area contributed by atoms with Gasteiger partial charge in [0.05, 0.1) is 24.2 Å². The maximum atomic E-state index is 12.9. The molecule has 0 saturated heterocycles. The summed E-state index contributed by atoms with van der Waals surface area (Å²) in [6.07, 6.45) is 2.86. The van der Waals surface area contributed by atoms with Crippen LogP contribution in [-0.2, 0) is 34.1 Å². The van der Waals surface area contributed by atoms with E-state index in [1.807, 2.05) is 20.8 Å². The molecule has 2 aromatic rings. The van der Waals surface area contributed by atoms with Gasteiger partial charge in [0.25, 0.3) is 5.91 Å². The minimum Gasteiger partial charge on any atom is -0.444 e. The molecule has 0 spiro atoms. The molecule has 0 fully saturated rings. The standard InChI is InChI=1S/C22H28N4O5S2/c1-22(2,3)31-21(28)25-11-9-16-18(13-25)32-20(23-16)24-19(27)15-7-8-17-14(12-15)6-5-10-26(17)33(4,29)30/h7-8,12H,5-6,9-11,13H2,1-4H3,(H,23,24,27). The SMILES string of the molecule is CC(C)(C)OC(=O)N1CCc2nc(NC(=O)c3ccc4c(c3)CCCN4S(C)(=O)=O)sc2C1. The summed E-state index contributed by atoms with van der Waals surface area (Å²) in [5, 5.41) is 3.33. The average Bonchev–Trinajstić information content (AvgIpc) is 3.12. The zero-order valence-electron chi connectivity index (χ0n) is 19.2. The van der Waals surface area contributed by atoms with Crippen LogP contribution in [0.25, 0.3) is 0 Å². The van der Waals surface area contributed by atoms with Crippen LogP contribution in [0.15, 0.2) is 18.2 Å². The Morgan fingerprint density at radius 2 is 1.94 bits per heavy atom. The molecule has 2 aliphatic rings. The molecule has 3 heterocycles. The van der Waals surface area contributed by atoms with Crippen molar-refractivity contribution in [2.24, 2.45) is 0 Å². The number of anilines is 2. The van der Waals surface area contributed by atoms with Gasteiger partial charge in [-0.1, -0.05) is 11.3 Å². The maximum absolute atomic E-state index is 12.9. The van der Waals surface area contributed by atoms with E-state index in [4.69, 9.17) is 4.74 Å². The Morgan fingerprint density at radius 3 is 2.64 bits per heavy atom. The minimum absolute atomic E-state index is 0.302. The molecule has 33 heavy (non-hydrogen) atoms. The summed E-state index contributed by atoms with van der Waals surface area (Å²) in [6, 6.07) is 5.07. The Hall–Kier alpha value is -2.66. The van der Waals surface area contributed by atoms with Crippen LogP contribution in [0.3, 0.4) is 0 Å². The normalized spacial score (nSPS) is 16.1. The fourth-order valence-corrected chi connectivity index (χ4v) is 5.96. The molecule has 4 rings (SSSR count). The molecule has 2 amide bonds. The smallest absolute Gasteiger partial charge is 0.410 e. The van der Waals surface area contributed by atoms with Crippen molar-refractivity contribution in [3.63, 3.8) is 0 Å². The van der Waals surface area contributed by atoms with E-state index in [0.717, 1.165) is 16.1 Å². The van der Waals surface area contributed by atoms with Crippen molar-refractivity contribution in [3.05, 3.63) is 39.9 Å². The highest BCUT2D eigenvalue weighted by atomic mass is 32.2. The first-order valence-electron chi connectivity index (χ1n) is 10.8. The third-order valence-electron chi connectivity index (χ3n) is 5.42. The number of amides is 2. The van der Waals surface area contributed by atoms with E-state index >= 15 is 0 Å². The molecule has 11 heteroatoms. The number of aryl methyl sites for hydroxylation is 1. The zero-order chi connectivity index (χ0) is 24.0. The summed E-state index contributed by atoms with van der Waals surface area (Å²) in [4.78, 5) is 32.3. The first-order valence-corrected chi connectivity index (χ1v) is 13.5. The van der Waals surface area contributed by atoms with Crippen LogP contribution in [-0.4, -0.2) is 55.2 Å². The van der Waals surface area contributed by atoms with Crippen LogP contribution in [0.1, 0.15) is 53.7 Å². The van der Waals surface area contributed by atoms with E-state index < -0.39 is 15.6 Å². The average molecular weight is 493 g/mol. The number of carbonyl (C=O) groups excluding carboxylic acids is 2. The lowest BCUT2D eigenvalue weighted by Crippen LogP contribution is -2.39. The summed E-state index contributed by atoms with van der Waals surface area (Å²) in [5.41, 5.74) is 2.24. The van der Waals surface area contributed by atoms with E-state index in [0.29, 0.717) is 55.3 Å². The highest BCUT2D eigenvalue weighted by Gasteiger charge is 2.29. The number of fused-ring (bicyclic) bond motifs is 2. The van der Waals surface area contributed by atoms with Gasteiger partial charge < -0.3 is 9.64 Å². The molecule has 1 N–H and O–H groups in total. The number of aromatic nitrogens is 1. The quantitative estimate of drug-likeness (QED) is 0.703. The molecule has 0 aliphatic carbocycles. The molecule has 0 bridgehead atoms. The largest absolute Gasteiger partial charge is 0.444 e. The molecular formula is C22H28N4O5S2. The van der Waals surface area contributed by atoms with Crippen LogP contribution in [0.4, 0.5) is 15.6 Å². The van der Waals surface area contributed by atoms with Gasteiger partial charge in [-0.05, 0) is 57.4 Å². The molecule has 2 aliphatic heterocycles. The molecule has 1 aromatic carbocycles. The third-order valence-corrected chi connectivity index (χ3v) is 7.60. The van der Waals surface area contributed by atoms with Crippen molar-refractivity contribution in [2.45, 2.75) is 52.2 Å². The van der Waals surface area contributed by atoms with E-state index in [9.17, 15) is 18.0 Å². The fraction of sp³-hybridized carbons (Fsp3) is 0.500. The molecule has 0 atom stereocenters. The number of nitrogens with zero attached hydrogens (tertiary/aromatic N) is 3. The topological polar surface area (TPSA) is 109 Å². The van der Waals surface area contributed by atoms with Crippen LogP contribution in [0.2, 0.25) is 0 Å². The first-order chi connectivity index (χ1) is 15.4. The number of hydrogen-bond acceptors (Lipinski definition) is 7. The summed E-state index contributed by atoms with van der Waals surface area (Å²) in [6.45, 7) is 6.86. The lowest BCUT2D eigenvalue weighted by atomic mass is 10.0. The molecule has 9 nitrogen and oxygen atoms in total. The van der Waals surface area contributed by atoms with E-state index in [2.05, 4.69) is 10.3 Å². The van der Waals surface area contributed by atoms with E-state index in [1.165, 1.54) is 21.9 Å². The Balaban J connectivity index is 1.46. The number of rotatable bonds is 3. The van der Waals surface area contributed by atoms with Gasteiger partial charge in [-0.3, -0.25) is 14.4 Å². The summed E-state index contributed by atoms with van der Waals surface area (Å²) in [7, 11) is -3.36. The first kappa shape index (κ1) is 23.5. The third kappa shape index (κ3) is 5.30. The highest BCUT2D eigenvalue weighted by molar-refractivity contribution is 7.92. The second-order valence-electron chi connectivity index (χ2n) is 9.28. The van der Waals surface area contributed by atoms with Crippen LogP contribution >= 0.6 is 11.3 Å². The van der Waals surface area contributed by atoms with Gasteiger partial charge >= 0.3 is 6.09 Å². The predicted molar refractivity (Wildman–Crippen MR) is 127 cm³/mol. The van der Waals surface area contributed by atoms with E-state index in [-0.39, 0.29) is 12.0 Å². The van der Waals surface area contributed by atoms with Gasteiger partial charge in [-0.15, -0.1) is 0 Å². The second-order valence-corrected chi connectivity index (χ2v) is 12.3. The van der Waals surface area contributed by atoms with Crippen molar-refractivity contribution in [1.29, 1.82) is 0 Å². The zero-order valence-corrected chi connectivity index (χ0v) is 20.8.